The van der Waals surface area contributed by atoms with Gasteiger partial charge in [-0.05, 0) is 107 Å². The smallest absolute Gasteiger partial charge is 0.322 e. The number of nitriles is 1. The van der Waals surface area contributed by atoms with Gasteiger partial charge in [-0.25, -0.2) is 9.78 Å². The van der Waals surface area contributed by atoms with Crippen LogP contribution in [0, 0.1) is 17.2 Å². The molecule has 0 radical (unpaired) electrons. The van der Waals surface area contributed by atoms with E-state index in [2.05, 4.69) is 64.1 Å². The molecule has 2 aromatic carbocycles. The molecule has 4 fully saturated rings. The van der Waals surface area contributed by atoms with Gasteiger partial charge >= 0.3 is 6.03 Å². The molecule has 4 aliphatic heterocycles. The van der Waals surface area contributed by atoms with E-state index in [-0.39, 0.29) is 48.2 Å². The topological polar surface area (TPSA) is 184 Å². The van der Waals surface area contributed by atoms with Crippen molar-refractivity contribution in [3.05, 3.63) is 83.7 Å². The quantitative estimate of drug-likeness (QED) is 0.189. The van der Waals surface area contributed by atoms with Gasteiger partial charge in [0.1, 0.15) is 29.8 Å². The Balaban J connectivity index is 0.732. The SMILES string of the molecule is CC(C)N(CC1CCN(c2ccc(NC(=O)N3C[C@H](C)N(c4ccc(C#N)c5ncccc45)C[C@H]3C)cn2)CC1)C1CC(Oc2ccc3c(c2)C(=O)N(C2CCC(=O)NC2=O)C3=O)C1. The number of carbonyl (C=O) groups excluding carboxylic acids is 5. The number of anilines is 3. The summed E-state index contributed by atoms with van der Waals surface area (Å²) in [6.45, 7) is 12.6. The maximum absolute atomic E-state index is 13.6. The highest BCUT2D eigenvalue weighted by Crippen LogP contribution is 2.36. The van der Waals surface area contributed by atoms with Gasteiger partial charge in [-0.15, -0.1) is 0 Å². The van der Waals surface area contributed by atoms with Gasteiger partial charge in [0.15, 0.2) is 0 Å². The summed E-state index contributed by atoms with van der Waals surface area (Å²) in [4.78, 5) is 83.4. The third kappa shape index (κ3) is 8.20. The number of carbonyl (C=O) groups is 5. The summed E-state index contributed by atoms with van der Waals surface area (Å²) in [5.74, 6) is -0.138. The average molecular weight is 867 g/mol. The van der Waals surface area contributed by atoms with Gasteiger partial charge in [0.05, 0.1) is 34.1 Å². The number of benzene rings is 2. The van der Waals surface area contributed by atoms with E-state index in [0.29, 0.717) is 53.6 Å². The number of piperazine rings is 1. The number of hydrogen-bond donors (Lipinski definition) is 2. The van der Waals surface area contributed by atoms with E-state index in [1.165, 1.54) is 0 Å². The number of hydrogen-bond acceptors (Lipinski definition) is 12. The lowest BCUT2D eigenvalue weighted by Crippen LogP contribution is -2.59. The fourth-order valence-electron chi connectivity index (χ4n) is 10.1. The molecule has 0 spiro atoms. The first kappa shape index (κ1) is 42.7. The van der Waals surface area contributed by atoms with Crippen LogP contribution in [0.5, 0.6) is 5.75 Å². The number of ether oxygens (including phenoxy) is 1. The van der Waals surface area contributed by atoms with Crippen molar-refractivity contribution in [1.29, 1.82) is 5.26 Å². The molecule has 1 aliphatic carbocycles. The Morgan fingerprint density at radius 3 is 2.45 bits per heavy atom. The lowest BCUT2D eigenvalue weighted by Gasteiger charge is -2.46. The molecule has 0 bridgehead atoms. The predicted molar refractivity (Wildman–Crippen MR) is 240 cm³/mol. The number of fused-ring (bicyclic) bond motifs is 2. The minimum absolute atomic E-state index is 0.0141. The van der Waals surface area contributed by atoms with Crippen molar-refractivity contribution in [2.45, 2.75) is 103 Å². The zero-order valence-electron chi connectivity index (χ0n) is 36.7. The lowest BCUT2D eigenvalue weighted by atomic mass is 9.85. The van der Waals surface area contributed by atoms with Crippen molar-refractivity contribution >= 4 is 57.8 Å². The summed E-state index contributed by atoms with van der Waals surface area (Å²) in [5, 5.41) is 15.8. The minimum Gasteiger partial charge on any atom is -0.490 e. The number of nitrogens with zero attached hydrogens (tertiary/aromatic N) is 8. The highest BCUT2D eigenvalue weighted by Gasteiger charge is 2.45. The molecule has 1 unspecified atom stereocenters. The van der Waals surface area contributed by atoms with Crippen molar-refractivity contribution in [1.82, 2.24) is 30.0 Å². The van der Waals surface area contributed by atoms with E-state index in [1.54, 1.807) is 30.6 Å². The average Bonchev–Trinajstić information content (AvgIpc) is 3.52. The van der Waals surface area contributed by atoms with Gasteiger partial charge < -0.3 is 24.8 Å². The van der Waals surface area contributed by atoms with Crippen molar-refractivity contribution in [3.63, 3.8) is 0 Å². The van der Waals surface area contributed by atoms with Crippen LogP contribution < -0.4 is 25.2 Å². The second-order valence-corrected chi connectivity index (χ2v) is 18.2. The number of nitrogens with one attached hydrogen (secondary N) is 2. The molecule has 1 saturated carbocycles. The Morgan fingerprint density at radius 1 is 0.953 bits per heavy atom. The van der Waals surface area contributed by atoms with Crippen LogP contribution in [-0.2, 0) is 9.59 Å². The van der Waals surface area contributed by atoms with Crippen molar-refractivity contribution in [3.8, 4) is 11.8 Å². The lowest BCUT2D eigenvalue weighted by molar-refractivity contribution is -0.136. The summed E-state index contributed by atoms with van der Waals surface area (Å²) < 4.78 is 6.31. The second-order valence-electron chi connectivity index (χ2n) is 18.2. The van der Waals surface area contributed by atoms with Gasteiger partial charge in [0, 0.05) is 93.4 Å². The molecule has 332 valence electrons. The van der Waals surface area contributed by atoms with Crippen molar-refractivity contribution < 1.29 is 28.7 Å². The first-order chi connectivity index (χ1) is 30.9. The molecule has 6 amide bonds. The van der Waals surface area contributed by atoms with Gasteiger partial charge in [-0.3, -0.25) is 39.3 Å². The van der Waals surface area contributed by atoms with Crippen LogP contribution >= 0.6 is 0 Å². The molecule has 5 aliphatic rings. The van der Waals surface area contributed by atoms with Gasteiger partial charge in [0.2, 0.25) is 11.8 Å². The molecule has 6 heterocycles. The minimum atomic E-state index is -1.00. The summed E-state index contributed by atoms with van der Waals surface area (Å²) in [5.41, 5.74) is 3.36. The van der Waals surface area contributed by atoms with Crippen molar-refractivity contribution in [2.75, 3.05) is 47.8 Å². The zero-order valence-corrected chi connectivity index (χ0v) is 36.7. The molecule has 3 atom stereocenters. The zero-order chi connectivity index (χ0) is 44.8. The first-order valence-corrected chi connectivity index (χ1v) is 22.5. The highest BCUT2D eigenvalue weighted by atomic mass is 16.5. The van der Waals surface area contributed by atoms with E-state index in [0.717, 1.165) is 67.1 Å². The first-order valence-electron chi connectivity index (χ1n) is 22.5. The number of piperidine rings is 2. The second kappa shape index (κ2) is 17.5. The molecule has 4 aromatic rings. The van der Waals surface area contributed by atoms with Crippen LogP contribution in [0.1, 0.15) is 92.5 Å². The third-order valence-electron chi connectivity index (χ3n) is 13.7. The maximum atomic E-state index is 13.6. The molecular formula is C48H54N10O6. The fraction of sp³-hybridized carbons (Fsp3) is 0.458. The molecule has 3 saturated heterocycles. The molecule has 2 aromatic heterocycles. The largest absolute Gasteiger partial charge is 0.490 e. The predicted octanol–water partition coefficient (Wildman–Crippen LogP) is 5.57. The monoisotopic (exact) mass is 866 g/mol. The Hall–Kier alpha value is -6.60. The summed E-state index contributed by atoms with van der Waals surface area (Å²) in [7, 11) is 0. The molecule has 9 rings (SSSR count). The standard InChI is InChI=1S/C48H54N10O6/c1-28(2)55(34-20-36(21-34)64-35-9-10-37-39(22-35)47(62)58(46(37)61)41-12-14-43(59)53-45(41)60)27-31-15-18-54(19-16-31)42-13-8-33(24-51-42)52-48(63)57-26-29(3)56(25-30(57)4)40-11-7-32(23-49)44-38(40)6-5-17-50-44/h5-11,13,17,22,24,28-31,34,36,41H,12,14-16,18-21,25-27H2,1-4H3,(H,52,63)(H,53,59,60)/t29-,30+,34?,36?,41?/m0/s1. The van der Waals surface area contributed by atoms with E-state index < -0.39 is 29.7 Å². The fourth-order valence-corrected chi connectivity index (χ4v) is 10.1. The number of rotatable bonds is 10. The summed E-state index contributed by atoms with van der Waals surface area (Å²) >= 11 is 0. The Kier molecular flexibility index (Phi) is 11.7. The Bertz CT molecular complexity index is 2530. The number of urea groups is 1. The van der Waals surface area contributed by atoms with Gasteiger partial charge in [-0.2, -0.15) is 5.26 Å². The molecule has 64 heavy (non-hydrogen) atoms. The van der Waals surface area contributed by atoms with E-state index in [9.17, 15) is 29.2 Å². The van der Waals surface area contributed by atoms with Crippen LogP contribution in [0.4, 0.5) is 22.0 Å². The number of pyridine rings is 2. The molecular weight excluding hydrogens is 813 g/mol. The van der Waals surface area contributed by atoms with Crippen LogP contribution in [0.25, 0.3) is 10.9 Å². The van der Waals surface area contributed by atoms with E-state index >= 15 is 0 Å². The van der Waals surface area contributed by atoms with Crippen LogP contribution in [0.3, 0.4) is 0 Å². The highest BCUT2D eigenvalue weighted by molar-refractivity contribution is 6.23. The van der Waals surface area contributed by atoms with Crippen LogP contribution in [-0.4, -0.2) is 123 Å². The maximum Gasteiger partial charge on any atom is 0.322 e. The third-order valence-corrected chi connectivity index (χ3v) is 13.7. The van der Waals surface area contributed by atoms with E-state index in [4.69, 9.17) is 9.72 Å². The Morgan fingerprint density at radius 2 is 1.73 bits per heavy atom. The number of imide groups is 2. The van der Waals surface area contributed by atoms with Crippen LogP contribution in [0.2, 0.25) is 0 Å². The normalized spacial score (nSPS) is 23.9. The van der Waals surface area contributed by atoms with Gasteiger partial charge in [-0.1, -0.05) is 0 Å². The molecule has 16 heteroatoms. The number of aromatic nitrogens is 2. The molecule has 2 N–H and O–H groups in total. The summed E-state index contributed by atoms with van der Waals surface area (Å²) in [6.07, 6.45) is 7.43. The van der Waals surface area contributed by atoms with Crippen LogP contribution in [0.15, 0.2) is 67.0 Å². The van der Waals surface area contributed by atoms with Gasteiger partial charge in [0.25, 0.3) is 11.8 Å². The van der Waals surface area contributed by atoms with E-state index in [1.807, 2.05) is 41.3 Å². The van der Waals surface area contributed by atoms with Crippen molar-refractivity contribution in [2.24, 2.45) is 5.92 Å². The number of amides is 6. The molecule has 16 nitrogen and oxygen atoms in total. The Labute approximate surface area is 372 Å². The summed E-state index contributed by atoms with van der Waals surface area (Å²) in [6, 6.07) is 18.3.